The molecule has 0 amide bonds. The quantitative estimate of drug-likeness (QED) is 0.198. The molecule has 1 unspecified atom stereocenters. The molecular formula is C17H38O5Si3. The molecule has 0 aliphatic carbocycles. The van der Waals surface area contributed by atoms with Crippen LogP contribution >= 0.6 is 0 Å². The molecular weight excluding hydrogens is 368 g/mol. The molecule has 148 valence electrons. The predicted molar refractivity (Wildman–Crippen MR) is 111 cm³/mol. The van der Waals surface area contributed by atoms with Crippen molar-refractivity contribution >= 4 is 31.9 Å². The fourth-order valence-corrected chi connectivity index (χ4v) is 10.4. The van der Waals surface area contributed by atoms with E-state index in [4.69, 9.17) is 17.7 Å². The first-order valence-electron chi connectivity index (χ1n) is 9.08. The maximum absolute atomic E-state index is 11.2. The Labute approximate surface area is 158 Å². The van der Waals surface area contributed by atoms with Crippen molar-refractivity contribution in [2.24, 2.45) is 0 Å². The molecule has 0 saturated carbocycles. The fraction of sp³-hybridized carbons (Fsp3) is 0.824. The number of rotatable bonds is 13. The van der Waals surface area contributed by atoms with Crippen LogP contribution in [0.2, 0.25) is 44.8 Å². The molecule has 0 saturated heterocycles. The number of ether oxygens (including phenoxy) is 2. The van der Waals surface area contributed by atoms with E-state index in [1.165, 1.54) is 0 Å². The average Bonchev–Trinajstić information content (AvgIpc) is 2.41. The number of hydrogen-bond donors (Lipinski definition) is 0. The lowest BCUT2D eigenvalue weighted by molar-refractivity contribution is -0.139. The molecule has 0 bridgehead atoms. The van der Waals surface area contributed by atoms with Crippen molar-refractivity contribution in [3.63, 3.8) is 0 Å². The van der Waals surface area contributed by atoms with E-state index in [-0.39, 0.29) is 5.97 Å². The van der Waals surface area contributed by atoms with Crippen LogP contribution in [0.3, 0.4) is 0 Å². The SMILES string of the molecule is C=C(C)C(=O)OCCCOCCC(C)[SiH](O[Si](C)(C)C)O[Si](C)(C)C. The van der Waals surface area contributed by atoms with Gasteiger partial charge < -0.3 is 17.7 Å². The van der Waals surface area contributed by atoms with Crippen LogP contribution in [0.25, 0.3) is 0 Å². The molecule has 0 N–H and O–H groups in total. The van der Waals surface area contributed by atoms with Crippen LogP contribution in [0.5, 0.6) is 0 Å². The van der Waals surface area contributed by atoms with Gasteiger partial charge in [0.05, 0.1) is 6.61 Å². The standard InChI is InChI=1S/C17H38O5Si3/c1-15(2)17(18)20-13-10-12-19-14-11-16(3)23(21-24(4,5)6)22-25(7,8)9/h16,23H,1,10-14H2,2-9H3. The van der Waals surface area contributed by atoms with Gasteiger partial charge in [-0.2, -0.15) is 0 Å². The minimum Gasteiger partial charge on any atom is -0.462 e. The summed E-state index contributed by atoms with van der Waals surface area (Å²) >= 11 is 0. The van der Waals surface area contributed by atoms with Gasteiger partial charge >= 0.3 is 15.3 Å². The van der Waals surface area contributed by atoms with Crippen molar-refractivity contribution in [3.05, 3.63) is 12.2 Å². The van der Waals surface area contributed by atoms with E-state index >= 15 is 0 Å². The minimum atomic E-state index is -1.70. The number of carbonyl (C=O) groups excluding carboxylic acids is 1. The molecule has 0 aliphatic rings. The fourth-order valence-electron chi connectivity index (χ4n) is 1.91. The van der Waals surface area contributed by atoms with Gasteiger partial charge in [-0.1, -0.05) is 13.5 Å². The summed E-state index contributed by atoms with van der Waals surface area (Å²) in [4.78, 5) is 11.2. The number of carbonyl (C=O) groups is 1. The van der Waals surface area contributed by atoms with E-state index in [1.807, 2.05) is 0 Å². The highest BCUT2D eigenvalue weighted by Gasteiger charge is 2.32. The summed E-state index contributed by atoms with van der Waals surface area (Å²) in [5.74, 6) is -0.338. The molecule has 0 aromatic carbocycles. The first-order valence-corrected chi connectivity index (χ1v) is 17.5. The zero-order valence-corrected chi connectivity index (χ0v) is 20.6. The van der Waals surface area contributed by atoms with E-state index in [2.05, 4.69) is 52.8 Å². The van der Waals surface area contributed by atoms with Gasteiger partial charge in [0.1, 0.15) is 0 Å². The number of hydrogen-bond acceptors (Lipinski definition) is 5. The molecule has 5 nitrogen and oxygen atoms in total. The molecule has 0 rings (SSSR count). The van der Waals surface area contributed by atoms with Crippen molar-refractivity contribution in [2.75, 3.05) is 19.8 Å². The van der Waals surface area contributed by atoms with Gasteiger partial charge in [-0.05, 0) is 58.2 Å². The van der Waals surface area contributed by atoms with Crippen LogP contribution < -0.4 is 0 Å². The Bertz CT molecular complexity index is 399. The monoisotopic (exact) mass is 406 g/mol. The van der Waals surface area contributed by atoms with E-state index in [1.54, 1.807) is 6.92 Å². The number of esters is 1. The third-order valence-corrected chi connectivity index (χ3v) is 11.9. The van der Waals surface area contributed by atoms with Crippen LogP contribution in [-0.2, 0) is 22.5 Å². The van der Waals surface area contributed by atoms with E-state index < -0.39 is 25.9 Å². The normalized spacial score (nSPS) is 13.8. The molecule has 25 heavy (non-hydrogen) atoms. The molecule has 1 atom stereocenters. The van der Waals surface area contributed by atoms with Crippen LogP contribution in [0.15, 0.2) is 12.2 Å². The lowest BCUT2D eigenvalue weighted by Crippen LogP contribution is -2.45. The molecule has 0 fully saturated rings. The third-order valence-electron chi connectivity index (χ3n) is 3.14. The molecule has 8 heteroatoms. The highest BCUT2D eigenvalue weighted by atomic mass is 28.4. The van der Waals surface area contributed by atoms with Crippen molar-refractivity contribution in [2.45, 2.75) is 71.5 Å². The van der Waals surface area contributed by atoms with Crippen LogP contribution in [0.4, 0.5) is 0 Å². The van der Waals surface area contributed by atoms with Gasteiger partial charge in [0.2, 0.25) is 0 Å². The molecule has 0 aromatic rings. The summed E-state index contributed by atoms with van der Waals surface area (Å²) in [6.45, 7) is 22.4. The van der Waals surface area contributed by atoms with Gasteiger partial charge in [0, 0.05) is 25.2 Å². The first-order chi connectivity index (χ1) is 11.3. The maximum atomic E-state index is 11.2. The zero-order valence-electron chi connectivity index (χ0n) is 17.4. The van der Waals surface area contributed by atoms with Gasteiger partial charge in [0.15, 0.2) is 16.6 Å². The summed E-state index contributed by atoms with van der Waals surface area (Å²) in [6, 6.07) is 0. The predicted octanol–water partition coefficient (Wildman–Crippen LogP) is 4.22. The average molecular weight is 407 g/mol. The highest BCUT2D eigenvalue weighted by Crippen LogP contribution is 2.23. The van der Waals surface area contributed by atoms with E-state index in [0.717, 1.165) is 6.42 Å². The summed E-state index contributed by atoms with van der Waals surface area (Å²) < 4.78 is 23.5. The molecule has 0 heterocycles. The van der Waals surface area contributed by atoms with Crippen molar-refractivity contribution in [3.8, 4) is 0 Å². The smallest absolute Gasteiger partial charge is 0.333 e. The third kappa shape index (κ3) is 14.6. The second-order valence-corrected chi connectivity index (χ2v) is 20.7. The second-order valence-electron chi connectivity index (χ2n) is 8.48. The Kier molecular flexibility index (Phi) is 11.3. The Balaban J connectivity index is 4.11. The maximum Gasteiger partial charge on any atom is 0.333 e. The van der Waals surface area contributed by atoms with Gasteiger partial charge in [0.25, 0.3) is 0 Å². The van der Waals surface area contributed by atoms with E-state index in [9.17, 15) is 4.79 Å². The van der Waals surface area contributed by atoms with Gasteiger partial charge in [-0.25, -0.2) is 4.79 Å². The Morgan fingerprint density at radius 1 is 1.00 bits per heavy atom. The van der Waals surface area contributed by atoms with Gasteiger partial charge in [-0.3, -0.25) is 0 Å². The lowest BCUT2D eigenvalue weighted by atomic mass is 10.3. The Morgan fingerprint density at radius 3 is 1.96 bits per heavy atom. The summed E-state index contributed by atoms with van der Waals surface area (Å²) in [5.41, 5.74) is 0.843. The zero-order chi connectivity index (χ0) is 19.7. The summed E-state index contributed by atoms with van der Waals surface area (Å²) in [7, 11) is -4.91. The van der Waals surface area contributed by atoms with Crippen molar-refractivity contribution < 1.29 is 22.5 Å². The summed E-state index contributed by atoms with van der Waals surface area (Å²) in [5, 5.41) is 0. The van der Waals surface area contributed by atoms with Gasteiger partial charge in [-0.15, -0.1) is 0 Å². The Hall–Kier alpha value is -0.259. The lowest BCUT2D eigenvalue weighted by Gasteiger charge is -2.34. The molecule has 0 aliphatic heterocycles. The molecule has 0 spiro atoms. The first kappa shape index (κ1) is 24.7. The van der Waals surface area contributed by atoms with Crippen LogP contribution in [-0.4, -0.2) is 51.7 Å². The van der Waals surface area contributed by atoms with Crippen LogP contribution in [0, 0.1) is 0 Å². The van der Waals surface area contributed by atoms with E-state index in [0.29, 0.717) is 37.4 Å². The molecule has 0 radical (unpaired) electrons. The topological polar surface area (TPSA) is 54.0 Å². The Morgan fingerprint density at radius 2 is 1.52 bits per heavy atom. The molecule has 0 aromatic heterocycles. The van der Waals surface area contributed by atoms with Crippen molar-refractivity contribution in [1.82, 2.24) is 0 Å². The largest absolute Gasteiger partial charge is 0.462 e. The van der Waals surface area contributed by atoms with Crippen LogP contribution in [0.1, 0.15) is 26.7 Å². The van der Waals surface area contributed by atoms with Crippen molar-refractivity contribution in [1.29, 1.82) is 0 Å². The highest BCUT2D eigenvalue weighted by molar-refractivity contribution is 6.81. The minimum absolute atomic E-state index is 0.338. The second kappa shape index (κ2) is 11.5. The summed E-state index contributed by atoms with van der Waals surface area (Å²) in [6.07, 6.45) is 1.64.